The first-order chi connectivity index (χ1) is 7.36. The highest BCUT2D eigenvalue weighted by atomic mass is 32.2. The van der Waals surface area contributed by atoms with Crippen LogP contribution in [-0.4, -0.2) is 16.8 Å². The van der Waals surface area contributed by atoms with E-state index in [0.717, 1.165) is 10.8 Å². The summed E-state index contributed by atoms with van der Waals surface area (Å²) in [6.07, 6.45) is 6.70. The molecule has 15 heavy (non-hydrogen) atoms. The normalized spacial score (nSPS) is 17.9. The number of rotatable bonds is 4. The van der Waals surface area contributed by atoms with Crippen molar-refractivity contribution in [2.75, 3.05) is 5.75 Å². The number of carbonyl (C=O) groups is 1. The fourth-order valence-electron chi connectivity index (χ4n) is 1.93. The van der Waals surface area contributed by atoms with Gasteiger partial charge in [-0.15, -0.1) is 0 Å². The fourth-order valence-corrected chi connectivity index (χ4v) is 3.81. The van der Waals surface area contributed by atoms with Crippen LogP contribution in [0.3, 0.4) is 0 Å². The van der Waals surface area contributed by atoms with Crippen LogP contribution in [-0.2, 0) is 0 Å². The summed E-state index contributed by atoms with van der Waals surface area (Å²) in [6, 6.07) is 1.93. The van der Waals surface area contributed by atoms with Gasteiger partial charge in [0.15, 0.2) is 5.78 Å². The number of thiophene rings is 1. The third kappa shape index (κ3) is 3.35. The molecule has 0 spiro atoms. The zero-order chi connectivity index (χ0) is 10.5. The Balaban J connectivity index is 1.75. The fraction of sp³-hybridized carbons (Fsp3) is 0.583. The van der Waals surface area contributed by atoms with Gasteiger partial charge in [-0.3, -0.25) is 4.79 Å². The van der Waals surface area contributed by atoms with E-state index in [9.17, 15) is 4.79 Å². The third-order valence-corrected chi connectivity index (χ3v) is 4.90. The van der Waals surface area contributed by atoms with E-state index in [4.69, 9.17) is 0 Å². The highest BCUT2D eigenvalue weighted by molar-refractivity contribution is 8.00. The van der Waals surface area contributed by atoms with Crippen LogP contribution in [0.5, 0.6) is 0 Å². The minimum atomic E-state index is 0.298. The van der Waals surface area contributed by atoms with Gasteiger partial charge in [0.25, 0.3) is 0 Å². The van der Waals surface area contributed by atoms with E-state index in [1.807, 2.05) is 28.6 Å². The highest BCUT2D eigenvalue weighted by Gasteiger charge is 2.15. The van der Waals surface area contributed by atoms with E-state index in [0.29, 0.717) is 11.5 Å². The average Bonchev–Trinajstić information content (AvgIpc) is 2.81. The molecule has 2 rings (SSSR count). The van der Waals surface area contributed by atoms with Crippen LogP contribution in [0.1, 0.15) is 42.5 Å². The summed E-state index contributed by atoms with van der Waals surface area (Å²) >= 11 is 3.46. The monoisotopic (exact) mass is 240 g/mol. The largest absolute Gasteiger partial charge is 0.293 e. The maximum Gasteiger partial charge on any atom is 0.173 e. The van der Waals surface area contributed by atoms with Crippen molar-refractivity contribution >= 4 is 28.9 Å². The molecule has 0 N–H and O–H groups in total. The molecule has 0 bridgehead atoms. The standard InChI is InChI=1S/C12H16OS2/c13-12(10-6-7-14-8-10)9-15-11-4-2-1-3-5-11/h6-8,11H,1-5,9H2. The first-order valence-corrected chi connectivity index (χ1v) is 7.52. The molecule has 0 aromatic carbocycles. The van der Waals surface area contributed by atoms with Gasteiger partial charge in [-0.2, -0.15) is 23.1 Å². The zero-order valence-corrected chi connectivity index (χ0v) is 10.4. The first-order valence-electron chi connectivity index (χ1n) is 5.53. The average molecular weight is 240 g/mol. The van der Waals surface area contributed by atoms with Gasteiger partial charge in [-0.1, -0.05) is 19.3 Å². The molecule has 0 atom stereocenters. The van der Waals surface area contributed by atoms with Crippen molar-refractivity contribution in [1.29, 1.82) is 0 Å². The van der Waals surface area contributed by atoms with Crippen molar-refractivity contribution in [2.45, 2.75) is 37.4 Å². The van der Waals surface area contributed by atoms with Crippen molar-refractivity contribution < 1.29 is 4.79 Å². The molecule has 1 saturated carbocycles. The molecule has 0 saturated heterocycles. The summed E-state index contributed by atoms with van der Waals surface area (Å²) < 4.78 is 0. The lowest BCUT2D eigenvalue weighted by atomic mass is 10.0. The SMILES string of the molecule is O=C(CSC1CCCCC1)c1ccsc1. The molecule has 1 nitrogen and oxygen atoms in total. The number of hydrogen-bond donors (Lipinski definition) is 0. The Morgan fingerprint density at radius 2 is 2.20 bits per heavy atom. The van der Waals surface area contributed by atoms with Crippen LogP contribution in [0.2, 0.25) is 0 Å². The molecule has 1 fully saturated rings. The number of ketones is 1. The van der Waals surface area contributed by atoms with Gasteiger partial charge in [-0.25, -0.2) is 0 Å². The van der Waals surface area contributed by atoms with Gasteiger partial charge in [0.1, 0.15) is 0 Å². The van der Waals surface area contributed by atoms with E-state index in [1.165, 1.54) is 32.1 Å². The Kier molecular flexibility index (Phi) is 4.27. The molecule has 3 heteroatoms. The maximum atomic E-state index is 11.7. The lowest BCUT2D eigenvalue weighted by Gasteiger charge is -2.20. The van der Waals surface area contributed by atoms with Gasteiger partial charge in [0, 0.05) is 16.2 Å². The van der Waals surface area contributed by atoms with Crippen LogP contribution in [0, 0.1) is 0 Å². The molecule has 1 aliphatic carbocycles. The maximum absolute atomic E-state index is 11.7. The Bertz CT molecular complexity index is 299. The summed E-state index contributed by atoms with van der Waals surface area (Å²) in [4.78, 5) is 11.7. The summed E-state index contributed by atoms with van der Waals surface area (Å²) in [6.45, 7) is 0. The zero-order valence-electron chi connectivity index (χ0n) is 8.78. The molecule has 82 valence electrons. The lowest BCUT2D eigenvalue weighted by Crippen LogP contribution is -2.11. The van der Waals surface area contributed by atoms with Crippen LogP contribution >= 0.6 is 23.1 Å². The van der Waals surface area contributed by atoms with E-state index >= 15 is 0 Å². The van der Waals surface area contributed by atoms with Crippen LogP contribution < -0.4 is 0 Å². The lowest BCUT2D eigenvalue weighted by molar-refractivity contribution is 0.102. The highest BCUT2D eigenvalue weighted by Crippen LogP contribution is 2.28. The number of Topliss-reactive ketones (excluding diaryl/α,β-unsaturated/α-hetero) is 1. The Morgan fingerprint density at radius 1 is 1.40 bits per heavy atom. The summed E-state index contributed by atoms with van der Waals surface area (Å²) in [5.74, 6) is 0.966. The number of hydrogen-bond acceptors (Lipinski definition) is 3. The molecular formula is C12H16OS2. The first kappa shape index (κ1) is 11.2. The third-order valence-electron chi connectivity index (χ3n) is 2.85. The van der Waals surface area contributed by atoms with Crippen molar-refractivity contribution in [3.05, 3.63) is 22.4 Å². The molecule has 0 unspecified atom stereocenters. The predicted octanol–water partition coefficient (Wildman–Crippen LogP) is 4.00. The molecule has 1 aromatic heterocycles. The van der Waals surface area contributed by atoms with E-state index < -0.39 is 0 Å². The number of carbonyl (C=O) groups excluding carboxylic acids is 1. The van der Waals surface area contributed by atoms with Gasteiger partial charge < -0.3 is 0 Å². The minimum Gasteiger partial charge on any atom is -0.293 e. The molecule has 1 heterocycles. The van der Waals surface area contributed by atoms with E-state index in [2.05, 4.69) is 0 Å². The summed E-state index contributed by atoms with van der Waals surface area (Å²) in [5, 5.41) is 4.66. The molecule has 0 aliphatic heterocycles. The van der Waals surface area contributed by atoms with Crippen LogP contribution in [0.15, 0.2) is 16.8 Å². The molecule has 0 radical (unpaired) electrons. The predicted molar refractivity (Wildman–Crippen MR) is 68.0 cm³/mol. The molecular weight excluding hydrogens is 224 g/mol. The van der Waals surface area contributed by atoms with Gasteiger partial charge in [-0.05, 0) is 24.3 Å². The van der Waals surface area contributed by atoms with Crippen LogP contribution in [0.25, 0.3) is 0 Å². The smallest absolute Gasteiger partial charge is 0.173 e. The molecule has 0 amide bonds. The Morgan fingerprint density at radius 3 is 2.87 bits per heavy atom. The van der Waals surface area contributed by atoms with Crippen LogP contribution in [0.4, 0.5) is 0 Å². The van der Waals surface area contributed by atoms with Gasteiger partial charge >= 0.3 is 0 Å². The topological polar surface area (TPSA) is 17.1 Å². The second-order valence-corrected chi connectivity index (χ2v) is 6.07. The van der Waals surface area contributed by atoms with Gasteiger partial charge in [0.2, 0.25) is 0 Å². The van der Waals surface area contributed by atoms with Crippen molar-refractivity contribution in [1.82, 2.24) is 0 Å². The summed E-state index contributed by atoms with van der Waals surface area (Å²) in [7, 11) is 0. The quantitative estimate of drug-likeness (QED) is 0.740. The van der Waals surface area contributed by atoms with Crippen molar-refractivity contribution in [3.63, 3.8) is 0 Å². The van der Waals surface area contributed by atoms with Crippen molar-refractivity contribution in [2.24, 2.45) is 0 Å². The Labute approximate surface area is 99.3 Å². The number of thioether (sulfide) groups is 1. The second kappa shape index (κ2) is 5.71. The molecule has 1 aromatic rings. The van der Waals surface area contributed by atoms with Crippen molar-refractivity contribution in [3.8, 4) is 0 Å². The van der Waals surface area contributed by atoms with E-state index in [-0.39, 0.29) is 0 Å². The Hall–Kier alpha value is -0.280. The van der Waals surface area contributed by atoms with E-state index in [1.54, 1.807) is 11.3 Å². The molecule has 1 aliphatic rings. The minimum absolute atomic E-state index is 0.298. The van der Waals surface area contributed by atoms with Gasteiger partial charge in [0.05, 0.1) is 5.75 Å². The second-order valence-electron chi connectivity index (χ2n) is 4.01. The summed E-state index contributed by atoms with van der Waals surface area (Å²) in [5.41, 5.74) is 0.892.